The molecule has 1 heterocycles. The van der Waals surface area contributed by atoms with Crippen molar-refractivity contribution in [2.45, 2.75) is 21.4 Å². The minimum absolute atomic E-state index is 0.00352. The highest BCUT2D eigenvalue weighted by Gasteiger charge is 2.22. The van der Waals surface area contributed by atoms with Gasteiger partial charge in [-0.25, -0.2) is 13.4 Å². The molecule has 7 nitrogen and oxygen atoms in total. The summed E-state index contributed by atoms with van der Waals surface area (Å²) in [6, 6.07) is 15.7. The molecule has 3 rings (SSSR count). The van der Waals surface area contributed by atoms with Gasteiger partial charge in [-0.1, -0.05) is 58.0 Å². The van der Waals surface area contributed by atoms with Crippen LogP contribution in [0.2, 0.25) is 0 Å². The van der Waals surface area contributed by atoms with Gasteiger partial charge in [0.1, 0.15) is 0 Å². The number of carbonyl (C=O) groups excluding carboxylic acids is 1. The first-order valence-electron chi connectivity index (χ1n) is 8.89. The summed E-state index contributed by atoms with van der Waals surface area (Å²) < 4.78 is 26.0. The molecule has 30 heavy (non-hydrogen) atoms. The van der Waals surface area contributed by atoms with Crippen LogP contribution in [-0.2, 0) is 21.1 Å². The second-order valence-corrected chi connectivity index (χ2v) is 10.0. The fraction of sp³-hybridized carbons (Fsp3) is 0.150. The summed E-state index contributed by atoms with van der Waals surface area (Å²) >= 11 is 4.26. The summed E-state index contributed by atoms with van der Waals surface area (Å²) in [6.07, 6.45) is 1.74. The number of hydrogen-bond donors (Lipinski definition) is 2. The number of amides is 1. The Morgan fingerprint density at radius 2 is 1.80 bits per heavy atom. The van der Waals surface area contributed by atoms with Crippen molar-refractivity contribution in [3.05, 3.63) is 81.2 Å². The molecule has 1 aromatic heterocycles. The summed E-state index contributed by atoms with van der Waals surface area (Å²) in [7, 11) is -3.99. The van der Waals surface area contributed by atoms with E-state index in [4.69, 9.17) is 0 Å². The number of rotatable bonds is 8. The van der Waals surface area contributed by atoms with E-state index in [0.717, 1.165) is 34.4 Å². The third-order valence-electron chi connectivity index (χ3n) is 4.08. The largest absolute Gasteiger partial charge is 0.355 e. The smallest absolute Gasteiger partial charge is 0.270 e. The fourth-order valence-electron chi connectivity index (χ4n) is 2.55. The second-order valence-electron chi connectivity index (χ2n) is 6.21. The predicted molar refractivity (Wildman–Crippen MR) is 118 cm³/mol. The van der Waals surface area contributed by atoms with Crippen LogP contribution >= 0.6 is 27.7 Å². The van der Waals surface area contributed by atoms with Crippen LogP contribution < -0.4 is 10.9 Å². The number of carbonyl (C=O) groups is 1. The number of thioether (sulfide) groups is 1. The number of hydrogen-bond acceptors (Lipinski definition) is 6. The molecule has 0 aliphatic rings. The highest BCUT2D eigenvalue weighted by atomic mass is 79.9. The van der Waals surface area contributed by atoms with Gasteiger partial charge in [-0.15, -0.1) is 0 Å². The van der Waals surface area contributed by atoms with E-state index in [1.807, 2.05) is 30.3 Å². The van der Waals surface area contributed by atoms with Gasteiger partial charge in [0.15, 0.2) is 10.1 Å². The molecule has 0 aliphatic carbocycles. The lowest BCUT2D eigenvalue weighted by molar-refractivity contribution is -0.118. The Bertz CT molecular complexity index is 1180. The number of H-pyrrole nitrogens is 1. The number of aromatic amines is 1. The molecule has 3 aromatic rings. The van der Waals surface area contributed by atoms with Crippen molar-refractivity contribution in [3.8, 4) is 0 Å². The lowest BCUT2D eigenvalue weighted by Crippen LogP contribution is -2.27. The van der Waals surface area contributed by atoms with Crippen LogP contribution in [0.25, 0.3) is 0 Å². The van der Waals surface area contributed by atoms with Crippen LogP contribution in [0.1, 0.15) is 5.56 Å². The maximum Gasteiger partial charge on any atom is 0.270 e. The number of nitrogens with one attached hydrogen (secondary N) is 2. The number of aromatic nitrogens is 2. The van der Waals surface area contributed by atoms with E-state index in [1.54, 1.807) is 12.1 Å². The molecule has 2 N–H and O–H groups in total. The molecule has 156 valence electrons. The molecule has 0 saturated carbocycles. The fourth-order valence-corrected chi connectivity index (χ4v) is 4.71. The van der Waals surface area contributed by atoms with Gasteiger partial charge in [0, 0.05) is 11.0 Å². The Hall–Kier alpha value is -2.43. The molecule has 0 bridgehead atoms. The van der Waals surface area contributed by atoms with Gasteiger partial charge in [0.25, 0.3) is 5.56 Å². The van der Waals surface area contributed by atoms with E-state index in [-0.39, 0.29) is 21.7 Å². The number of nitrogens with zero attached hydrogens (tertiary/aromatic N) is 1. The summed E-state index contributed by atoms with van der Waals surface area (Å²) in [6.45, 7) is 0.498. The van der Waals surface area contributed by atoms with Crippen LogP contribution in [0.4, 0.5) is 0 Å². The molecule has 0 spiro atoms. The molecule has 0 unspecified atom stereocenters. The maximum atomic E-state index is 12.6. The van der Waals surface area contributed by atoms with Gasteiger partial charge in [0.2, 0.25) is 15.7 Å². The lowest BCUT2D eigenvalue weighted by atomic mass is 10.1. The Morgan fingerprint density at radius 3 is 2.47 bits per heavy atom. The quantitative estimate of drug-likeness (QED) is 0.358. The van der Waals surface area contributed by atoms with E-state index < -0.39 is 20.3 Å². The molecule has 10 heteroatoms. The van der Waals surface area contributed by atoms with Crippen LogP contribution in [0.3, 0.4) is 0 Å². The van der Waals surface area contributed by atoms with Crippen LogP contribution in [0.15, 0.2) is 85.0 Å². The first-order chi connectivity index (χ1) is 14.4. The third kappa shape index (κ3) is 5.80. The predicted octanol–water partition coefficient (Wildman–Crippen LogP) is 2.82. The average molecular weight is 508 g/mol. The van der Waals surface area contributed by atoms with Gasteiger partial charge >= 0.3 is 0 Å². The van der Waals surface area contributed by atoms with Crippen LogP contribution in [-0.4, -0.2) is 36.6 Å². The zero-order chi connectivity index (χ0) is 21.6. The van der Waals surface area contributed by atoms with Crippen LogP contribution in [0.5, 0.6) is 0 Å². The SMILES string of the molecule is O=C(CSc1ncc(S(=O)(=O)c2ccc(Br)cc2)c(=O)[nH]1)NCCc1ccccc1. The van der Waals surface area contributed by atoms with E-state index >= 15 is 0 Å². The van der Waals surface area contributed by atoms with Gasteiger partial charge in [0.05, 0.1) is 16.8 Å². The lowest BCUT2D eigenvalue weighted by Gasteiger charge is -2.06. The molecule has 0 atom stereocenters. The van der Waals surface area contributed by atoms with Gasteiger partial charge in [-0.05, 0) is 36.2 Å². The van der Waals surface area contributed by atoms with Crippen LogP contribution in [0, 0.1) is 0 Å². The maximum absolute atomic E-state index is 12.6. The van der Waals surface area contributed by atoms with Crippen molar-refractivity contribution >= 4 is 43.4 Å². The Morgan fingerprint density at radius 1 is 1.10 bits per heavy atom. The molecule has 1 amide bonds. The van der Waals surface area contributed by atoms with Crippen molar-refractivity contribution in [2.75, 3.05) is 12.3 Å². The molecular formula is C20H18BrN3O4S2. The number of sulfone groups is 1. The van der Waals surface area contributed by atoms with Crippen molar-refractivity contribution < 1.29 is 13.2 Å². The van der Waals surface area contributed by atoms with Crippen molar-refractivity contribution in [1.29, 1.82) is 0 Å². The Labute approximate surface area is 186 Å². The molecule has 0 aliphatic heterocycles. The highest BCUT2D eigenvalue weighted by molar-refractivity contribution is 9.10. The zero-order valence-corrected chi connectivity index (χ0v) is 18.9. The molecular weight excluding hydrogens is 490 g/mol. The monoisotopic (exact) mass is 507 g/mol. The number of benzene rings is 2. The standard InChI is InChI=1S/C20H18BrN3O4S2/c21-15-6-8-16(9-7-15)30(27,28)17-12-23-20(24-19(17)26)29-13-18(25)22-11-10-14-4-2-1-3-5-14/h1-9,12H,10-11,13H2,(H,22,25)(H,23,24,26). The van der Waals surface area contributed by atoms with Crippen molar-refractivity contribution in [1.82, 2.24) is 15.3 Å². The second kappa shape index (κ2) is 10.1. The highest BCUT2D eigenvalue weighted by Crippen LogP contribution is 2.20. The molecule has 0 saturated heterocycles. The summed E-state index contributed by atoms with van der Waals surface area (Å²) in [5, 5.41) is 2.97. The minimum Gasteiger partial charge on any atom is -0.355 e. The first-order valence-corrected chi connectivity index (χ1v) is 12.2. The van der Waals surface area contributed by atoms with E-state index in [1.165, 1.54) is 12.1 Å². The summed E-state index contributed by atoms with van der Waals surface area (Å²) in [5.74, 6) is -0.151. The summed E-state index contributed by atoms with van der Waals surface area (Å²) in [5.41, 5.74) is 0.346. The Kier molecular flexibility index (Phi) is 7.46. The first kappa shape index (κ1) is 22.3. The van der Waals surface area contributed by atoms with Crippen molar-refractivity contribution in [2.24, 2.45) is 0 Å². The van der Waals surface area contributed by atoms with Gasteiger partial charge in [-0.2, -0.15) is 0 Å². The third-order valence-corrected chi connectivity index (χ3v) is 7.25. The minimum atomic E-state index is -3.99. The van der Waals surface area contributed by atoms with E-state index in [0.29, 0.717) is 6.54 Å². The Balaban J connectivity index is 1.58. The zero-order valence-electron chi connectivity index (χ0n) is 15.7. The number of halogens is 1. The normalized spacial score (nSPS) is 11.2. The van der Waals surface area contributed by atoms with Gasteiger partial charge < -0.3 is 10.3 Å². The molecule has 0 radical (unpaired) electrons. The van der Waals surface area contributed by atoms with Crippen molar-refractivity contribution in [3.63, 3.8) is 0 Å². The average Bonchev–Trinajstić information content (AvgIpc) is 2.73. The molecule has 2 aromatic carbocycles. The molecule has 0 fully saturated rings. The summed E-state index contributed by atoms with van der Waals surface area (Å²) in [4.78, 5) is 30.3. The van der Waals surface area contributed by atoms with Gasteiger partial charge in [-0.3, -0.25) is 9.59 Å². The van der Waals surface area contributed by atoms with E-state index in [2.05, 4.69) is 31.2 Å². The topological polar surface area (TPSA) is 109 Å². The van der Waals surface area contributed by atoms with E-state index in [9.17, 15) is 18.0 Å².